The highest BCUT2D eigenvalue weighted by atomic mass is 35.5. The van der Waals surface area contributed by atoms with E-state index in [4.69, 9.17) is 16.0 Å². The van der Waals surface area contributed by atoms with Gasteiger partial charge in [-0.2, -0.15) is 0 Å². The predicted octanol–water partition coefficient (Wildman–Crippen LogP) is 3.30. The van der Waals surface area contributed by atoms with Gasteiger partial charge in [0.05, 0.1) is 13.1 Å². The average Bonchev–Trinajstić information content (AvgIpc) is 2.75. The van der Waals surface area contributed by atoms with Crippen molar-refractivity contribution in [3.05, 3.63) is 62.7 Å². The number of halogens is 1. The van der Waals surface area contributed by atoms with E-state index in [1.807, 2.05) is 12.1 Å². The van der Waals surface area contributed by atoms with Crippen molar-refractivity contribution >= 4 is 11.6 Å². The van der Waals surface area contributed by atoms with Gasteiger partial charge in [-0.15, -0.1) is 0 Å². The third kappa shape index (κ3) is 5.64. The van der Waals surface area contributed by atoms with Gasteiger partial charge in [0.1, 0.15) is 5.76 Å². The molecule has 0 spiro atoms. The van der Waals surface area contributed by atoms with Crippen molar-refractivity contribution in [3.63, 3.8) is 0 Å². The fourth-order valence-corrected chi connectivity index (χ4v) is 4.39. The number of likely N-dealkylation sites (tertiary alicyclic amines) is 1. The van der Waals surface area contributed by atoms with Crippen LogP contribution in [-0.4, -0.2) is 59.1 Å². The Morgan fingerprint density at radius 2 is 1.43 bits per heavy atom. The Morgan fingerprint density at radius 1 is 0.833 bits per heavy atom. The summed E-state index contributed by atoms with van der Waals surface area (Å²) in [7, 11) is 0. The first-order valence-corrected chi connectivity index (χ1v) is 11.2. The van der Waals surface area contributed by atoms with Crippen LogP contribution in [0.15, 0.2) is 39.5 Å². The molecule has 2 fully saturated rings. The fraction of sp³-hybridized carbons (Fsp3) is 0.522. The Morgan fingerprint density at radius 3 is 2.10 bits per heavy atom. The minimum Gasteiger partial charge on any atom is -0.502 e. The molecule has 0 unspecified atom stereocenters. The smallest absolute Gasteiger partial charge is 0.227 e. The Hall–Kier alpha value is -1.86. The second-order valence-electron chi connectivity index (χ2n) is 8.36. The maximum absolute atomic E-state index is 12.3. The van der Waals surface area contributed by atoms with Gasteiger partial charge in [-0.3, -0.25) is 19.5 Å². The van der Waals surface area contributed by atoms with E-state index in [0.29, 0.717) is 24.6 Å². The Kier molecular flexibility index (Phi) is 7.10. The highest BCUT2D eigenvalue weighted by Gasteiger charge is 2.21. The summed E-state index contributed by atoms with van der Waals surface area (Å²) in [6.07, 6.45) is 3.65. The van der Waals surface area contributed by atoms with Crippen molar-refractivity contribution in [2.75, 3.05) is 39.3 Å². The Balaban J connectivity index is 1.33. The molecule has 0 atom stereocenters. The van der Waals surface area contributed by atoms with Crippen LogP contribution in [0.25, 0.3) is 0 Å². The summed E-state index contributed by atoms with van der Waals surface area (Å²) in [4.78, 5) is 19.2. The van der Waals surface area contributed by atoms with Crippen LogP contribution in [0.4, 0.5) is 0 Å². The van der Waals surface area contributed by atoms with Crippen molar-refractivity contribution < 1.29 is 9.52 Å². The number of hydrogen-bond donors (Lipinski definition) is 1. The lowest BCUT2D eigenvalue weighted by Crippen LogP contribution is -2.45. The van der Waals surface area contributed by atoms with E-state index in [2.05, 4.69) is 26.8 Å². The topological polar surface area (TPSA) is 60.2 Å². The molecule has 2 aliphatic rings. The van der Waals surface area contributed by atoms with Crippen LogP contribution in [0.5, 0.6) is 5.75 Å². The molecule has 4 rings (SSSR count). The Bertz CT molecular complexity index is 886. The molecule has 162 valence electrons. The largest absolute Gasteiger partial charge is 0.502 e. The lowest BCUT2D eigenvalue weighted by Gasteiger charge is -2.34. The van der Waals surface area contributed by atoms with Crippen LogP contribution in [0.1, 0.15) is 36.3 Å². The minimum atomic E-state index is -0.343. The van der Waals surface area contributed by atoms with Crippen LogP contribution in [-0.2, 0) is 19.6 Å². The number of benzene rings is 1. The van der Waals surface area contributed by atoms with Crippen LogP contribution >= 0.6 is 11.6 Å². The molecule has 1 N–H and O–H groups in total. The number of nitrogens with zero attached hydrogens (tertiary/aromatic N) is 3. The van der Waals surface area contributed by atoms with Gasteiger partial charge in [0.25, 0.3) is 0 Å². The highest BCUT2D eigenvalue weighted by molar-refractivity contribution is 6.30. The second-order valence-corrected chi connectivity index (χ2v) is 8.80. The zero-order chi connectivity index (χ0) is 20.9. The zero-order valence-corrected chi connectivity index (χ0v) is 18.1. The van der Waals surface area contributed by atoms with Gasteiger partial charge in [-0.05, 0) is 43.6 Å². The summed E-state index contributed by atoms with van der Waals surface area (Å²) in [5, 5.41) is 11.0. The molecule has 2 saturated heterocycles. The average molecular weight is 432 g/mol. The van der Waals surface area contributed by atoms with Crippen LogP contribution in [0.2, 0.25) is 5.02 Å². The van der Waals surface area contributed by atoms with Crippen LogP contribution in [0.3, 0.4) is 0 Å². The van der Waals surface area contributed by atoms with E-state index >= 15 is 0 Å². The molecule has 7 heteroatoms. The first-order chi connectivity index (χ1) is 14.6. The van der Waals surface area contributed by atoms with Crippen LogP contribution < -0.4 is 5.43 Å². The first-order valence-electron chi connectivity index (χ1n) is 10.8. The van der Waals surface area contributed by atoms with Crippen molar-refractivity contribution in [1.82, 2.24) is 14.7 Å². The lowest BCUT2D eigenvalue weighted by molar-refractivity contribution is 0.112. The molecule has 30 heavy (non-hydrogen) atoms. The highest BCUT2D eigenvalue weighted by Crippen LogP contribution is 2.20. The molecule has 2 aliphatic heterocycles. The van der Waals surface area contributed by atoms with E-state index in [1.54, 1.807) is 0 Å². The second kappa shape index (κ2) is 9.96. The van der Waals surface area contributed by atoms with E-state index in [-0.39, 0.29) is 11.2 Å². The molecule has 6 nitrogen and oxygen atoms in total. The van der Waals surface area contributed by atoms with Crippen molar-refractivity contribution in [2.24, 2.45) is 0 Å². The maximum atomic E-state index is 12.3. The first kappa shape index (κ1) is 21.4. The van der Waals surface area contributed by atoms with Crippen molar-refractivity contribution in [3.8, 4) is 5.75 Å². The summed E-state index contributed by atoms with van der Waals surface area (Å²) >= 11 is 5.97. The van der Waals surface area contributed by atoms with E-state index in [1.165, 1.54) is 30.9 Å². The molecule has 1 aromatic heterocycles. The van der Waals surface area contributed by atoms with Gasteiger partial charge in [0.15, 0.2) is 5.76 Å². The fourth-order valence-electron chi connectivity index (χ4n) is 4.27. The molecule has 1 aromatic carbocycles. The van der Waals surface area contributed by atoms with Gasteiger partial charge in [-0.1, -0.05) is 30.2 Å². The SMILES string of the molecule is O=c1cc(CN2CCCCC2)oc(CN2CCN(Cc3ccc(Cl)cc3)CC2)c1O. The van der Waals surface area contributed by atoms with Gasteiger partial charge in [0.2, 0.25) is 11.2 Å². The third-order valence-electron chi connectivity index (χ3n) is 6.02. The van der Waals surface area contributed by atoms with Crippen LogP contribution in [0, 0.1) is 0 Å². The Labute approximate surface area is 182 Å². The predicted molar refractivity (Wildman–Crippen MR) is 118 cm³/mol. The molecule has 0 saturated carbocycles. The monoisotopic (exact) mass is 431 g/mol. The molecular weight excluding hydrogens is 402 g/mol. The number of hydrogen-bond acceptors (Lipinski definition) is 6. The molecule has 0 radical (unpaired) electrons. The molecule has 2 aromatic rings. The van der Waals surface area contributed by atoms with E-state index in [9.17, 15) is 9.90 Å². The van der Waals surface area contributed by atoms with Gasteiger partial charge in [0, 0.05) is 43.8 Å². The maximum Gasteiger partial charge on any atom is 0.227 e. The summed E-state index contributed by atoms with van der Waals surface area (Å²) in [5.41, 5.74) is 0.909. The quantitative estimate of drug-likeness (QED) is 0.757. The van der Waals surface area contributed by atoms with Gasteiger partial charge >= 0.3 is 0 Å². The zero-order valence-electron chi connectivity index (χ0n) is 17.4. The van der Waals surface area contributed by atoms with E-state index in [0.717, 1.165) is 50.8 Å². The summed E-state index contributed by atoms with van der Waals surface area (Å²) in [5.74, 6) is 0.790. The molecule has 0 amide bonds. The lowest BCUT2D eigenvalue weighted by atomic mass is 10.1. The number of piperazine rings is 1. The number of rotatable bonds is 6. The van der Waals surface area contributed by atoms with Gasteiger partial charge < -0.3 is 9.52 Å². The molecular formula is C23H30ClN3O3. The minimum absolute atomic E-state index is 0.249. The standard InChI is InChI=1S/C23H30ClN3O3/c24-19-6-4-18(5-7-19)15-26-10-12-27(13-11-26)17-22-23(29)21(28)14-20(30-22)16-25-8-2-1-3-9-25/h4-7,14,29H,1-3,8-13,15-17H2. The summed E-state index contributed by atoms with van der Waals surface area (Å²) in [6, 6.07) is 9.42. The summed E-state index contributed by atoms with van der Waals surface area (Å²) in [6.45, 7) is 7.67. The van der Waals surface area contributed by atoms with E-state index < -0.39 is 0 Å². The van der Waals surface area contributed by atoms with Crippen molar-refractivity contribution in [2.45, 2.75) is 38.9 Å². The summed E-state index contributed by atoms with van der Waals surface area (Å²) < 4.78 is 5.97. The third-order valence-corrected chi connectivity index (χ3v) is 6.28. The molecule has 3 heterocycles. The molecule has 0 aliphatic carbocycles. The van der Waals surface area contributed by atoms with Crippen molar-refractivity contribution in [1.29, 1.82) is 0 Å². The normalized spacial score (nSPS) is 19.2. The number of aromatic hydroxyl groups is 1. The molecule has 0 bridgehead atoms. The number of piperidine rings is 1. The van der Waals surface area contributed by atoms with Gasteiger partial charge in [-0.25, -0.2) is 0 Å².